The lowest BCUT2D eigenvalue weighted by molar-refractivity contribution is -0.129. The summed E-state index contributed by atoms with van der Waals surface area (Å²) >= 11 is 19.0. The first kappa shape index (κ1) is 27.2. The van der Waals surface area contributed by atoms with Crippen molar-refractivity contribution in [3.8, 4) is 0 Å². The zero-order chi connectivity index (χ0) is 27.0. The van der Waals surface area contributed by atoms with Gasteiger partial charge in [-0.15, -0.1) is 0 Å². The number of alkyl halides is 1. The highest BCUT2D eigenvalue weighted by Gasteiger charge is 2.36. The Balaban J connectivity index is 1.48. The zero-order valence-corrected chi connectivity index (χ0v) is 23.1. The Labute approximate surface area is 234 Å². The van der Waals surface area contributed by atoms with Gasteiger partial charge >= 0.3 is 0 Å². The first-order chi connectivity index (χ1) is 18.1. The molecule has 3 heterocycles. The molecule has 9 nitrogen and oxygen atoms in total. The van der Waals surface area contributed by atoms with Crippen molar-refractivity contribution in [2.45, 2.75) is 57.8 Å². The summed E-state index contributed by atoms with van der Waals surface area (Å²) in [5.41, 5.74) is 6.76. The van der Waals surface area contributed by atoms with Crippen molar-refractivity contribution in [3.63, 3.8) is 0 Å². The molecule has 2 aliphatic rings. The quantitative estimate of drug-likeness (QED) is 0.323. The van der Waals surface area contributed by atoms with Crippen LogP contribution in [0.25, 0.3) is 11.2 Å². The third kappa shape index (κ3) is 5.64. The molecule has 5 rings (SSSR count). The van der Waals surface area contributed by atoms with Crippen molar-refractivity contribution >= 4 is 69.5 Å². The Morgan fingerprint density at radius 2 is 1.92 bits per heavy atom. The summed E-state index contributed by atoms with van der Waals surface area (Å²) < 4.78 is 21.5. The number of halogens is 4. The Bertz CT molecular complexity index is 1320. The van der Waals surface area contributed by atoms with Gasteiger partial charge in [-0.25, -0.2) is 14.4 Å². The maximum Gasteiger partial charge on any atom is 0.225 e. The van der Waals surface area contributed by atoms with Crippen LogP contribution < -0.4 is 16.4 Å². The number of ether oxygens (including phenoxy) is 1. The third-order valence-electron chi connectivity index (χ3n) is 7.58. The molecule has 1 aliphatic heterocycles. The lowest BCUT2D eigenvalue weighted by Crippen LogP contribution is -2.39. The Hall–Kier alpha value is -2.40. The third-order valence-corrected chi connectivity index (χ3v) is 8.39. The number of nitrogens with zero attached hydrogens (tertiary/aromatic N) is 4. The molecule has 2 aromatic heterocycles. The number of anilines is 3. The number of nitrogens with two attached hydrogens (primary N) is 1. The number of hydrogen-bond donors (Lipinski definition) is 3. The maximum atomic E-state index is 14.4. The first-order valence-electron chi connectivity index (χ1n) is 12.6. The van der Waals surface area contributed by atoms with E-state index >= 15 is 0 Å². The summed E-state index contributed by atoms with van der Waals surface area (Å²) in [6, 6.07) is 2.75. The molecule has 1 saturated heterocycles. The Morgan fingerprint density at radius 3 is 2.58 bits per heavy atom. The summed E-state index contributed by atoms with van der Waals surface area (Å²) in [5.74, 6) is 0.789. The fraction of sp³-hybridized carbons (Fsp3) is 0.520. The molecule has 2 atom stereocenters. The van der Waals surface area contributed by atoms with Crippen LogP contribution >= 0.6 is 34.8 Å². The largest absolute Gasteiger partial charge is 0.378 e. The van der Waals surface area contributed by atoms with Crippen molar-refractivity contribution < 1.29 is 13.9 Å². The van der Waals surface area contributed by atoms with E-state index in [0.29, 0.717) is 76.2 Å². The number of fused-ring (bicyclic) bond motifs is 1. The average molecular weight is 585 g/mol. The number of carbonyl (C=O) groups excluding carboxylic acids is 1. The van der Waals surface area contributed by atoms with Crippen LogP contribution in [0.15, 0.2) is 18.3 Å². The Morgan fingerprint density at radius 1 is 1.21 bits per heavy atom. The molecule has 2 fully saturated rings. The van der Waals surface area contributed by atoms with Gasteiger partial charge in [-0.1, -0.05) is 41.7 Å². The van der Waals surface area contributed by atoms with Gasteiger partial charge in [-0.05, 0) is 50.2 Å². The van der Waals surface area contributed by atoms with Crippen LogP contribution in [-0.4, -0.2) is 50.9 Å². The van der Waals surface area contributed by atoms with Gasteiger partial charge in [0.25, 0.3) is 0 Å². The number of rotatable bonds is 7. The van der Waals surface area contributed by atoms with Gasteiger partial charge in [0, 0.05) is 23.6 Å². The maximum absolute atomic E-state index is 14.4. The van der Waals surface area contributed by atoms with E-state index in [1.165, 1.54) is 0 Å². The van der Waals surface area contributed by atoms with Gasteiger partial charge in [-0.3, -0.25) is 9.36 Å². The molecule has 204 valence electrons. The van der Waals surface area contributed by atoms with Gasteiger partial charge in [0.15, 0.2) is 5.65 Å². The van der Waals surface area contributed by atoms with E-state index in [2.05, 4.69) is 15.6 Å². The highest BCUT2D eigenvalue weighted by Crippen LogP contribution is 2.40. The molecule has 4 N–H and O–H groups in total. The normalized spacial score (nSPS) is 25.9. The van der Waals surface area contributed by atoms with Gasteiger partial charge in [0.2, 0.25) is 17.8 Å². The minimum Gasteiger partial charge on any atom is -0.378 e. The second kappa shape index (κ2) is 11.0. The topological polar surface area (TPSA) is 120 Å². The van der Waals surface area contributed by atoms with E-state index in [-0.39, 0.29) is 18.4 Å². The number of nitrogens with one attached hydrogen (secondary N) is 2. The van der Waals surface area contributed by atoms with E-state index in [1.807, 2.05) is 11.5 Å². The number of aromatic nitrogens is 4. The molecular weight excluding hydrogens is 556 g/mol. The van der Waals surface area contributed by atoms with E-state index < -0.39 is 17.6 Å². The molecule has 0 spiro atoms. The van der Waals surface area contributed by atoms with Crippen molar-refractivity contribution in [3.05, 3.63) is 33.4 Å². The SMILES string of the molecule is CC1(C(N)=O)CCC(Cn2c(Nc3c(Cl)cc(Cl)cc3Cl)nc3cnc(NC4CCOC[C@H]4F)nc32)CC1. The molecule has 1 amide bonds. The minimum atomic E-state index is -1.15. The molecule has 0 radical (unpaired) electrons. The number of carbonyl (C=O) groups is 1. The molecule has 0 bridgehead atoms. The summed E-state index contributed by atoms with van der Waals surface area (Å²) in [6.07, 6.45) is 4.03. The average Bonchev–Trinajstić information content (AvgIpc) is 3.20. The number of primary amides is 1. The second-order valence-electron chi connectivity index (χ2n) is 10.3. The number of amides is 1. The minimum absolute atomic E-state index is 0.0421. The predicted octanol–water partition coefficient (Wildman–Crippen LogP) is 5.75. The van der Waals surface area contributed by atoms with E-state index in [0.717, 1.165) is 12.8 Å². The molecule has 1 aromatic carbocycles. The summed E-state index contributed by atoms with van der Waals surface area (Å²) in [4.78, 5) is 25.8. The fourth-order valence-corrected chi connectivity index (χ4v) is 5.98. The van der Waals surface area contributed by atoms with Gasteiger partial charge in [0.1, 0.15) is 11.7 Å². The number of hydrogen-bond acceptors (Lipinski definition) is 7. The van der Waals surface area contributed by atoms with Crippen LogP contribution in [0.3, 0.4) is 0 Å². The van der Waals surface area contributed by atoms with Gasteiger partial charge < -0.3 is 21.1 Å². The number of benzene rings is 1. The van der Waals surface area contributed by atoms with Crippen LogP contribution in [0.1, 0.15) is 39.0 Å². The Kier molecular flexibility index (Phi) is 7.86. The molecular formula is C25H29Cl3FN7O2. The summed E-state index contributed by atoms with van der Waals surface area (Å²) in [7, 11) is 0. The lowest BCUT2D eigenvalue weighted by atomic mass is 9.71. The van der Waals surface area contributed by atoms with Crippen LogP contribution in [-0.2, 0) is 16.1 Å². The van der Waals surface area contributed by atoms with Crippen molar-refractivity contribution in [1.29, 1.82) is 0 Å². The highest BCUT2D eigenvalue weighted by atomic mass is 35.5. The molecule has 1 unspecified atom stereocenters. The molecule has 1 saturated carbocycles. The number of imidazole rings is 1. The van der Waals surface area contributed by atoms with E-state index in [1.54, 1.807) is 18.3 Å². The van der Waals surface area contributed by atoms with Gasteiger partial charge in [-0.2, -0.15) is 4.98 Å². The van der Waals surface area contributed by atoms with Crippen LogP contribution in [0.5, 0.6) is 0 Å². The molecule has 1 aliphatic carbocycles. The zero-order valence-electron chi connectivity index (χ0n) is 20.8. The smallest absolute Gasteiger partial charge is 0.225 e. The highest BCUT2D eigenvalue weighted by molar-refractivity contribution is 6.41. The fourth-order valence-electron chi connectivity index (χ4n) is 5.06. The summed E-state index contributed by atoms with van der Waals surface area (Å²) in [6.45, 7) is 3.02. The van der Waals surface area contributed by atoms with Gasteiger partial charge in [0.05, 0.1) is 34.6 Å². The van der Waals surface area contributed by atoms with Crippen LogP contribution in [0, 0.1) is 11.3 Å². The monoisotopic (exact) mass is 583 g/mol. The van der Waals surface area contributed by atoms with Crippen molar-refractivity contribution in [2.75, 3.05) is 23.8 Å². The van der Waals surface area contributed by atoms with Crippen molar-refractivity contribution in [1.82, 2.24) is 19.5 Å². The lowest BCUT2D eigenvalue weighted by Gasteiger charge is -2.35. The molecule has 38 heavy (non-hydrogen) atoms. The van der Waals surface area contributed by atoms with Crippen molar-refractivity contribution in [2.24, 2.45) is 17.1 Å². The van der Waals surface area contributed by atoms with E-state index in [4.69, 9.17) is 55.2 Å². The van der Waals surface area contributed by atoms with Crippen LogP contribution in [0.2, 0.25) is 15.1 Å². The van der Waals surface area contributed by atoms with Crippen LogP contribution in [0.4, 0.5) is 22.0 Å². The second-order valence-corrected chi connectivity index (χ2v) is 11.6. The first-order valence-corrected chi connectivity index (χ1v) is 13.7. The standard InChI is InChI=1S/C25H29Cl3FN7O2/c1-25(22(30)37)5-2-13(3-6-25)11-36-21-19(10-31-23(35-21)32-18-4-7-38-12-17(18)29)33-24(36)34-20-15(27)8-14(26)9-16(20)28/h8-10,13,17-18H,2-7,11-12H2,1H3,(H2,30,37)(H,33,34)(H,31,32,35)/t13?,17-,18?,25?/m1/s1. The van der Waals surface area contributed by atoms with E-state index in [9.17, 15) is 9.18 Å². The molecule has 13 heteroatoms. The summed E-state index contributed by atoms with van der Waals surface area (Å²) in [5, 5.41) is 7.47. The molecule has 3 aromatic rings. The predicted molar refractivity (Wildman–Crippen MR) is 147 cm³/mol.